The number of aromatic nitrogens is 1. The molecule has 0 spiro atoms. The quantitative estimate of drug-likeness (QED) is 0.852. The van der Waals surface area contributed by atoms with Gasteiger partial charge in [0, 0.05) is 31.2 Å². The van der Waals surface area contributed by atoms with E-state index in [-0.39, 0.29) is 29.7 Å². The number of methoxy groups -OCH3 is 1. The summed E-state index contributed by atoms with van der Waals surface area (Å²) in [6.07, 6.45) is 2.67. The average Bonchev–Trinajstić information content (AvgIpc) is 3.03. The minimum absolute atomic E-state index is 0.0292. The lowest BCUT2D eigenvalue weighted by molar-refractivity contribution is -0.138. The van der Waals surface area contributed by atoms with Crippen molar-refractivity contribution < 1.29 is 18.3 Å². The first-order valence-electron chi connectivity index (χ1n) is 8.40. The highest BCUT2D eigenvalue weighted by molar-refractivity contribution is 5.78. The first kappa shape index (κ1) is 17.6. The summed E-state index contributed by atoms with van der Waals surface area (Å²) in [5.74, 6) is 0.107. The van der Waals surface area contributed by atoms with E-state index in [1.165, 1.54) is 18.4 Å². The summed E-state index contributed by atoms with van der Waals surface area (Å²) in [6, 6.07) is 5.91. The Balaban J connectivity index is 1.65. The van der Waals surface area contributed by atoms with Gasteiger partial charge in [-0.25, -0.2) is 9.37 Å². The first-order chi connectivity index (χ1) is 11.9. The van der Waals surface area contributed by atoms with Gasteiger partial charge in [-0.3, -0.25) is 4.79 Å². The molecule has 6 heteroatoms. The standard InChI is InChI=1S/C19H23FN2O3/c1-19(2)12-22(9-8-16(19)24-3)17(23)10-15-11-25-18(21-15)13-4-6-14(20)7-5-13/h4-7,11,16H,8-10,12H2,1-3H3/t16-/m0/s1. The van der Waals surface area contributed by atoms with Crippen molar-refractivity contribution in [1.82, 2.24) is 9.88 Å². The fraction of sp³-hybridized carbons (Fsp3) is 0.474. The van der Waals surface area contributed by atoms with Crippen molar-refractivity contribution in [2.24, 2.45) is 5.41 Å². The number of carbonyl (C=O) groups excluding carboxylic acids is 1. The average molecular weight is 346 g/mol. The molecule has 134 valence electrons. The Bertz CT molecular complexity index is 739. The number of hydrogen-bond acceptors (Lipinski definition) is 4. The van der Waals surface area contributed by atoms with Gasteiger partial charge in [-0.15, -0.1) is 0 Å². The third-order valence-electron chi connectivity index (χ3n) is 4.74. The molecule has 0 aliphatic carbocycles. The number of hydrogen-bond donors (Lipinski definition) is 0. The van der Waals surface area contributed by atoms with Gasteiger partial charge < -0.3 is 14.1 Å². The van der Waals surface area contributed by atoms with Crippen LogP contribution in [0.25, 0.3) is 11.5 Å². The lowest BCUT2D eigenvalue weighted by Crippen LogP contribution is -2.51. The second-order valence-corrected chi connectivity index (χ2v) is 7.14. The van der Waals surface area contributed by atoms with Gasteiger partial charge in [-0.1, -0.05) is 13.8 Å². The molecule has 2 aromatic rings. The number of oxazole rings is 1. The van der Waals surface area contributed by atoms with Crippen molar-refractivity contribution in [3.63, 3.8) is 0 Å². The molecule has 0 N–H and O–H groups in total. The third-order valence-corrected chi connectivity index (χ3v) is 4.74. The van der Waals surface area contributed by atoms with Crippen LogP contribution in [0, 0.1) is 11.2 Å². The third kappa shape index (κ3) is 3.90. The summed E-state index contributed by atoms with van der Waals surface area (Å²) in [7, 11) is 1.72. The van der Waals surface area contributed by atoms with Crippen molar-refractivity contribution in [1.29, 1.82) is 0 Å². The zero-order chi connectivity index (χ0) is 18.0. The molecule has 5 nitrogen and oxygen atoms in total. The maximum absolute atomic E-state index is 13.0. The van der Waals surface area contributed by atoms with Gasteiger partial charge in [0.05, 0.1) is 18.2 Å². The van der Waals surface area contributed by atoms with E-state index in [1.807, 2.05) is 4.90 Å². The van der Waals surface area contributed by atoms with Gasteiger partial charge in [-0.2, -0.15) is 0 Å². The molecule has 1 saturated heterocycles. The maximum Gasteiger partial charge on any atom is 0.228 e. The number of ether oxygens (including phenoxy) is 1. The van der Waals surface area contributed by atoms with E-state index in [0.717, 1.165) is 6.42 Å². The Morgan fingerprint density at radius 3 is 2.76 bits per heavy atom. The summed E-state index contributed by atoms with van der Waals surface area (Å²) in [5.41, 5.74) is 1.18. The monoisotopic (exact) mass is 346 g/mol. The Morgan fingerprint density at radius 2 is 2.12 bits per heavy atom. The number of amides is 1. The van der Waals surface area contributed by atoms with Crippen LogP contribution >= 0.6 is 0 Å². The summed E-state index contributed by atoms with van der Waals surface area (Å²) < 4.78 is 23.9. The van der Waals surface area contributed by atoms with Gasteiger partial charge in [0.1, 0.15) is 12.1 Å². The Hall–Kier alpha value is -2.21. The number of likely N-dealkylation sites (tertiary alicyclic amines) is 1. The molecule has 2 heterocycles. The molecular weight excluding hydrogens is 323 g/mol. The van der Waals surface area contributed by atoms with Crippen LogP contribution in [0.4, 0.5) is 4.39 Å². The molecule has 0 unspecified atom stereocenters. The molecule has 1 amide bonds. The van der Waals surface area contributed by atoms with E-state index in [9.17, 15) is 9.18 Å². The smallest absolute Gasteiger partial charge is 0.228 e. The molecule has 3 rings (SSSR count). The van der Waals surface area contributed by atoms with E-state index >= 15 is 0 Å². The number of nitrogens with zero attached hydrogens (tertiary/aromatic N) is 2. The molecular formula is C19H23FN2O3. The van der Waals surface area contributed by atoms with Crippen molar-refractivity contribution in [3.05, 3.63) is 42.0 Å². The highest BCUT2D eigenvalue weighted by Crippen LogP contribution is 2.31. The van der Waals surface area contributed by atoms with Gasteiger partial charge in [0.25, 0.3) is 0 Å². The van der Waals surface area contributed by atoms with Gasteiger partial charge in [-0.05, 0) is 30.7 Å². The molecule has 1 aromatic carbocycles. The van der Waals surface area contributed by atoms with E-state index in [0.29, 0.717) is 30.2 Å². The largest absolute Gasteiger partial charge is 0.444 e. The summed E-state index contributed by atoms with van der Waals surface area (Å²) in [6.45, 7) is 5.57. The predicted molar refractivity (Wildman–Crippen MR) is 91.4 cm³/mol. The maximum atomic E-state index is 13.0. The van der Waals surface area contributed by atoms with E-state index in [4.69, 9.17) is 9.15 Å². The van der Waals surface area contributed by atoms with Crippen LogP contribution < -0.4 is 0 Å². The minimum atomic E-state index is -0.312. The number of rotatable bonds is 4. The molecule has 1 aliphatic heterocycles. The number of halogens is 1. The highest BCUT2D eigenvalue weighted by atomic mass is 19.1. The molecule has 0 saturated carbocycles. The molecule has 1 fully saturated rings. The summed E-state index contributed by atoms with van der Waals surface area (Å²) in [4.78, 5) is 18.8. The lowest BCUT2D eigenvalue weighted by atomic mass is 9.81. The lowest BCUT2D eigenvalue weighted by Gasteiger charge is -2.43. The zero-order valence-electron chi connectivity index (χ0n) is 14.8. The number of carbonyl (C=O) groups is 1. The topological polar surface area (TPSA) is 55.6 Å². The molecule has 1 aliphatic rings. The van der Waals surface area contributed by atoms with Crippen LogP contribution in [-0.2, 0) is 16.0 Å². The van der Waals surface area contributed by atoms with E-state index < -0.39 is 0 Å². The predicted octanol–water partition coefficient (Wildman–Crippen LogP) is 3.30. The molecule has 0 radical (unpaired) electrons. The number of benzene rings is 1. The molecule has 1 aromatic heterocycles. The van der Waals surface area contributed by atoms with Crippen molar-refractivity contribution in [3.8, 4) is 11.5 Å². The van der Waals surface area contributed by atoms with Gasteiger partial charge in [0.15, 0.2) is 0 Å². The minimum Gasteiger partial charge on any atom is -0.444 e. The fourth-order valence-electron chi connectivity index (χ4n) is 3.37. The van der Waals surface area contributed by atoms with Crippen LogP contribution in [0.5, 0.6) is 0 Å². The first-order valence-corrected chi connectivity index (χ1v) is 8.40. The van der Waals surface area contributed by atoms with Crippen LogP contribution in [-0.4, -0.2) is 42.1 Å². The second-order valence-electron chi connectivity index (χ2n) is 7.14. The Labute approximate surface area is 146 Å². The Morgan fingerprint density at radius 1 is 1.40 bits per heavy atom. The molecule has 25 heavy (non-hydrogen) atoms. The van der Waals surface area contributed by atoms with Crippen molar-refractivity contribution in [2.45, 2.75) is 32.8 Å². The van der Waals surface area contributed by atoms with Crippen molar-refractivity contribution in [2.75, 3.05) is 20.2 Å². The van der Waals surface area contributed by atoms with Crippen LogP contribution in [0.2, 0.25) is 0 Å². The van der Waals surface area contributed by atoms with Crippen LogP contribution in [0.1, 0.15) is 26.0 Å². The summed E-state index contributed by atoms with van der Waals surface area (Å²) >= 11 is 0. The van der Waals surface area contributed by atoms with Crippen LogP contribution in [0.3, 0.4) is 0 Å². The second kappa shape index (κ2) is 6.96. The fourth-order valence-corrected chi connectivity index (χ4v) is 3.37. The normalized spacial score (nSPS) is 19.8. The number of piperidine rings is 1. The van der Waals surface area contributed by atoms with Crippen molar-refractivity contribution >= 4 is 5.91 Å². The zero-order valence-corrected chi connectivity index (χ0v) is 14.8. The van der Waals surface area contributed by atoms with E-state index in [1.54, 1.807) is 19.2 Å². The molecule has 0 bridgehead atoms. The molecule has 1 atom stereocenters. The Kier molecular flexibility index (Phi) is 4.90. The highest BCUT2D eigenvalue weighted by Gasteiger charge is 2.37. The SMILES string of the molecule is CO[C@H]1CCN(C(=O)Cc2coc(-c3ccc(F)cc3)n2)CC1(C)C. The van der Waals surface area contributed by atoms with Crippen LogP contribution in [0.15, 0.2) is 34.9 Å². The van der Waals surface area contributed by atoms with E-state index in [2.05, 4.69) is 18.8 Å². The van der Waals surface area contributed by atoms with Gasteiger partial charge >= 0.3 is 0 Å². The van der Waals surface area contributed by atoms with Gasteiger partial charge in [0.2, 0.25) is 11.8 Å². The summed E-state index contributed by atoms with van der Waals surface area (Å²) in [5, 5.41) is 0.